The fraction of sp³-hybridized carbons (Fsp3) is 0. The van der Waals surface area contributed by atoms with Gasteiger partial charge in [-0.2, -0.15) is 0 Å². The van der Waals surface area contributed by atoms with Gasteiger partial charge in [-0.1, -0.05) is 115 Å². The first-order chi connectivity index (χ1) is 26.2. The SMILES string of the molecule is c1ccc(-c2ccc(N(c3ccc(-c4ccc5ccccc5c4)cc3)c3ccc4sc5ccc6c7cc8ccccc8cc7oc6c5c4c3)cc2)cc1. The lowest BCUT2D eigenvalue weighted by molar-refractivity contribution is 0.673. The highest BCUT2D eigenvalue weighted by molar-refractivity contribution is 7.26. The third-order valence-electron chi connectivity index (χ3n) is 10.6. The van der Waals surface area contributed by atoms with Crippen molar-refractivity contribution in [2.24, 2.45) is 0 Å². The minimum Gasteiger partial charge on any atom is -0.455 e. The van der Waals surface area contributed by atoms with Gasteiger partial charge < -0.3 is 9.32 Å². The number of benzene rings is 9. The largest absolute Gasteiger partial charge is 0.455 e. The van der Waals surface area contributed by atoms with Crippen LogP contribution in [0.2, 0.25) is 0 Å². The quantitative estimate of drug-likeness (QED) is 0.178. The van der Waals surface area contributed by atoms with E-state index < -0.39 is 0 Å². The highest BCUT2D eigenvalue weighted by atomic mass is 32.1. The van der Waals surface area contributed by atoms with Gasteiger partial charge in [0.05, 0.1) is 0 Å². The second-order valence-corrected chi connectivity index (χ2v) is 14.8. The van der Waals surface area contributed by atoms with Gasteiger partial charge in [-0.15, -0.1) is 11.3 Å². The maximum absolute atomic E-state index is 6.74. The van der Waals surface area contributed by atoms with E-state index in [-0.39, 0.29) is 0 Å². The molecule has 11 rings (SSSR count). The van der Waals surface area contributed by atoms with Crippen molar-refractivity contribution in [3.63, 3.8) is 0 Å². The van der Waals surface area contributed by atoms with E-state index in [4.69, 9.17) is 4.42 Å². The van der Waals surface area contributed by atoms with Crippen molar-refractivity contribution in [1.29, 1.82) is 0 Å². The number of hydrogen-bond acceptors (Lipinski definition) is 3. The number of furan rings is 1. The monoisotopic (exact) mass is 693 g/mol. The minimum atomic E-state index is 0.924. The fourth-order valence-corrected chi connectivity index (χ4v) is 9.04. The van der Waals surface area contributed by atoms with E-state index >= 15 is 0 Å². The highest BCUT2D eigenvalue weighted by Gasteiger charge is 2.19. The number of rotatable bonds is 5. The van der Waals surface area contributed by atoms with Crippen LogP contribution in [0.15, 0.2) is 192 Å². The van der Waals surface area contributed by atoms with Crippen LogP contribution < -0.4 is 4.90 Å². The summed E-state index contributed by atoms with van der Waals surface area (Å²) in [6, 6.07) is 68.0. The predicted molar refractivity (Wildman–Crippen MR) is 227 cm³/mol. The molecule has 3 heteroatoms. The Labute approximate surface area is 310 Å². The van der Waals surface area contributed by atoms with Crippen molar-refractivity contribution in [1.82, 2.24) is 0 Å². The average molecular weight is 694 g/mol. The smallest absolute Gasteiger partial charge is 0.144 e. The number of fused-ring (bicyclic) bond motifs is 9. The standard InChI is InChI=1S/C50H31NOS/c1-2-8-32(9-3-1)34-16-20-40(21-17-34)51(41-22-18-35(19-23-41)39-15-14-33-10-4-5-11-36(33)28-39)42-24-26-47-45(31-42)49-48(53-47)27-25-43-44-29-37-12-6-7-13-38(37)30-46(44)52-50(43)49/h1-31H. The van der Waals surface area contributed by atoms with Crippen molar-refractivity contribution in [3.05, 3.63) is 188 Å². The van der Waals surface area contributed by atoms with Crippen LogP contribution in [0.3, 0.4) is 0 Å². The Morgan fingerprint density at radius 1 is 0.358 bits per heavy atom. The summed E-state index contributed by atoms with van der Waals surface area (Å²) in [5.41, 5.74) is 9.98. The maximum Gasteiger partial charge on any atom is 0.144 e. The summed E-state index contributed by atoms with van der Waals surface area (Å²) in [6.45, 7) is 0. The van der Waals surface area contributed by atoms with E-state index in [1.165, 1.54) is 64.0 Å². The van der Waals surface area contributed by atoms with Crippen LogP contribution in [0, 0.1) is 0 Å². The zero-order valence-corrected chi connectivity index (χ0v) is 29.5. The lowest BCUT2D eigenvalue weighted by Crippen LogP contribution is -2.09. The van der Waals surface area contributed by atoms with Crippen molar-refractivity contribution in [2.75, 3.05) is 4.90 Å². The first kappa shape index (κ1) is 30.0. The van der Waals surface area contributed by atoms with Gasteiger partial charge in [0.1, 0.15) is 11.2 Å². The molecule has 2 heterocycles. The molecular formula is C50H31NOS. The Morgan fingerprint density at radius 3 is 1.66 bits per heavy atom. The Hall–Kier alpha value is -6.68. The molecule has 0 amide bonds. The highest BCUT2D eigenvalue weighted by Crippen LogP contribution is 2.45. The number of anilines is 3. The second-order valence-electron chi connectivity index (χ2n) is 13.8. The fourth-order valence-electron chi connectivity index (χ4n) is 7.96. The van der Waals surface area contributed by atoms with Crippen molar-refractivity contribution in [2.45, 2.75) is 0 Å². The molecule has 0 aliphatic heterocycles. The second kappa shape index (κ2) is 11.9. The third-order valence-corrected chi connectivity index (χ3v) is 11.8. The summed E-state index contributed by atoms with van der Waals surface area (Å²) in [5, 5.41) is 9.60. The molecule has 0 fully saturated rings. The first-order valence-corrected chi connectivity index (χ1v) is 18.8. The summed E-state index contributed by atoms with van der Waals surface area (Å²) in [7, 11) is 0. The summed E-state index contributed by atoms with van der Waals surface area (Å²) >= 11 is 1.82. The Kier molecular flexibility index (Phi) is 6.76. The summed E-state index contributed by atoms with van der Waals surface area (Å²) in [6.07, 6.45) is 0. The Morgan fingerprint density at radius 2 is 0.925 bits per heavy atom. The molecule has 9 aromatic carbocycles. The maximum atomic E-state index is 6.74. The van der Waals surface area contributed by atoms with Crippen molar-refractivity contribution < 1.29 is 4.42 Å². The molecule has 0 atom stereocenters. The topological polar surface area (TPSA) is 16.4 Å². The summed E-state index contributed by atoms with van der Waals surface area (Å²) in [5.74, 6) is 0. The van der Waals surface area contributed by atoms with Crippen LogP contribution >= 0.6 is 11.3 Å². The van der Waals surface area contributed by atoms with Crippen LogP contribution in [-0.4, -0.2) is 0 Å². The van der Waals surface area contributed by atoms with Crippen molar-refractivity contribution >= 4 is 92.1 Å². The van der Waals surface area contributed by atoms with E-state index in [0.29, 0.717) is 0 Å². The van der Waals surface area contributed by atoms with E-state index in [1.54, 1.807) is 0 Å². The molecular weight excluding hydrogens is 663 g/mol. The molecule has 0 saturated carbocycles. The predicted octanol–water partition coefficient (Wildman–Crippen LogP) is 15.1. The van der Waals surface area contributed by atoms with Crippen LogP contribution in [0.5, 0.6) is 0 Å². The van der Waals surface area contributed by atoms with Crippen LogP contribution in [0.1, 0.15) is 0 Å². The van der Waals surface area contributed by atoms with Gasteiger partial charge in [-0.3, -0.25) is 0 Å². The lowest BCUT2D eigenvalue weighted by Gasteiger charge is -2.26. The molecule has 2 nitrogen and oxygen atoms in total. The number of hydrogen-bond donors (Lipinski definition) is 0. The zero-order valence-electron chi connectivity index (χ0n) is 28.7. The van der Waals surface area contributed by atoms with E-state index in [0.717, 1.165) is 39.0 Å². The number of thiophene rings is 1. The number of nitrogens with zero attached hydrogens (tertiary/aromatic N) is 1. The molecule has 248 valence electrons. The normalized spacial score (nSPS) is 11.8. The lowest BCUT2D eigenvalue weighted by atomic mass is 10.0. The summed E-state index contributed by atoms with van der Waals surface area (Å²) < 4.78 is 9.21. The molecule has 0 saturated heterocycles. The van der Waals surface area contributed by atoms with E-state index in [1.807, 2.05) is 11.3 Å². The van der Waals surface area contributed by atoms with Crippen LogP contribution in [0.25, 0.3) is 85.9 Å². The zero-order chi connectivity index (χ0) is 34.9. The van der Waals surface area contributed by atoms with Gasteiger partial charge in [-0.25, -0.2) is 0 Å². The first-order valence-electron chi connectivity index (χ1n) is 18.0. The average Bonchev–Trinajstić information content (AvgIpc) is 3.78. The molecule has 0 aliphatic rings. The van der Waals surface area contributed by atoms with E-state index in [2.05, 4.69) is 193 Å². The van der Waals surface area contributed by atoms with Crippen LogP contribution in [-0.2, 0) is 0 Å². The van der Waals surface area contributed by atoms with Crippen molar-refractivity contribution in [3.8, 4) is 22.3 Å². The van der Waals surface area contributed by atoms with Crippen LogP contribution in [0.4, 0.5) is 17.1 Å². The summed E-state index contributed by atoms with van der Waals surface area (Å²) in [4.78, 5) is 2.37. The molecule has 2 aromatic heterocycles. The molecule has 0 bridgehead atoms. The van der Waals surface area contributed by atoms with Gasteiger partial charge in [0.2, 0.25) is 0 Å². The molecule has 0 radical (unpaired) electrons. The molecule has 0 N–H and O–H groups in total. The van der Waals surface area contributed by atoms with Gasteiger partial charge >= 0.3 is 0 Å². The molecule has 53 heavy (non-hydrogen) atoms. The van der Waals surface area contributed by atoms with Gasteiger partial charge in [0.25, 0.3) is 0 Å². The van der Waals surface area contributed by atoms with E-state index in [9.17, 15) is 0 Å². The molecule has 0 aliphatic carbocycles. The Bertz CT molecular complexity index is 3150. The third kappa shape index (κ3) is 5.01. The molecule has 0 unspecified atom stereocenters. The van der Waals surface area contributed by atoms with Gasteiger partial charge in [-0.05, 0) is 117 Å². The minimum absolute atomic E-state index is 0.924. The van der Waals surface area contributed by atoms with Gasteiger partial charge in [0, 0.05) is 48.0 Å². The Balaban J connectivity index is 1.07. The van der Waals surface area contributed by atoms with Gasteiger partial charge in [0.15, 0.2) is 0 Å². The molecule has 0 spiro atoms. The molecule has 11 aromatic rings.